The van der Waals surface area contributed by atoms with Crippen molar-refractivity contribution in [1.82, 2.24) is 24.9 Å². The lowest BCUT2D eigenvalue weighted by Crippen LogP contribution is -2.26. The van der Waals surface area contributed by atoms with Gasteiger partial charge in [-0.2, -0.15) is 0 Å². The van der Waals surface area contributed by atoms with Crippen molar-refractivity contribution in [3.63, 3.8) is 0 Å². The molecule has 1 heterocycles. The Morgan fingerprint density at radius 3 is 2.59 bits per heavy atom. The van der Waals surface area contributed by atoms with Crippen molar-refractivity contribution in [2.75, 3.05) is 0 Å². The van der Waals surface area contributed by atoms with E-state index < -0.39 is 10.0 Å². The van der Waals surface area contributed by atoms with Crippen LogP contribution in [-0.2, 0) is 16.6 Å². The lowest BCUT2D eigenvalue weighted by Gasteiger charge is -2.22. The van der Waals surface area contributed by atoms with Crippen LogP contribution in [0.1, 0.15) is 44.0 Å². The molecule has 1 saturated carbocycles. The summed E-state index contributed by atoms with van der Waals surface area (Å²) in [5.41, 5.74) is 0. The number of hydrogen-bond donors (Lipinski definition) is 1. The van der Waals surface area contributed by atoms with Crippen molar-refractivity contribution in [1.29, 1.82) is 0 Å². The van der Waals surface area contributed by atoms with Crippen molar-refractivity contribution in [2.24, 2.45) is 0 Å². The minimum absolute atomic E-state index is 0.0979. The monoisotopic (exact) mass is 321 g/mol. The zero-order valence-electron chi connectivity index (χ0n) is 12.2. The molecular weight excluding hydrogens is 302 g/mol. The number of nitrogens with zero attached hydrogens (tertiary/aromatic N) is 4. The molecule has 0 bridgehead atoms. The standard InChI is InChI=1S/C14H19N5O2S/c20-22(21,13-9-5-2-6-10-13)15-11-14-16-17-18-19(14)12-7-3-1-4-8-12/h2,5-6,9-10,12,15H,1,3-4,7-8,11H2. The maximum Gasteiger partial charge on any atom is 0.240 e. The molecule has 1 N–H and O–H groups in total. The number of aromatic nitrogens is 4. The van der Waals surface area contributed by atoms with Crippen LogP contribution in [0.5, 0.6) is 0 Å². The zero-order chi connectivity index (χ0) is 15.4. The average molecular weight is 321 g/mol. The molecule has 2 aromatic rings. The first-order valence-corrected chi connectivity index (χ1v) is 8.96. The average Bonchev–Trinajstić information content (AvgIpc) is 3.03. The Balaban J connectivity index is 1.71. The van der Waals surface area contributed by atoms with Gasteiger partial charge in [-0.25, -0.2) is 17.8 Å². The first kappa shape index (κ1) is 15.1. The fourth-order valence-corrected chi connectivity index (χ4v) is 3.78. The van der Waals surface area contributed by atoms with Crippen LogP contribution in [-0.4, -0.2) is 28.6 Å². The molecule has 0 unspecified atom stereocenters. The molecule has 8 heteroatoms. The van der Waals surface area contributed by atoms with Gasteiger partial charge in [0, 0.05) is 0 Å². The summed E-state index contributed by atoms with van der Waals surface area (Å²) < 4.78 is 28.8. The third kappa shape index (κ3) is 3.33. The summed E-state index contributed by atoms with van der Waals surface area (Å²) in [5, 5.41) is 11.7. The second-order valence-corrected chi connectivity index (χ2v) is 7.24. The molecule has 0 spiro atoms. The molecule has 1 fully saturated rings. The first-order valence-electron chi connectivity index (χ1n) is 7.48. The predicted octanol–water partition coefficient (Wildman–Crippen LogP) is 1.66. The Labute approximate surface area is 129 Å². The number of rotatable bonds is 5. The molecule has 1 aliphatic rings. The van der Waals surface area contributed by atoms with Crippen molar-refractivity contribution in [3.8, 4) is 0 Å². The number of sulfonamides is 1. The molecule has 1 aliphatic carbocycles. The maximum atomic E-state index is 12.2. The van der Waals surface area contributed by atoms with E-state index in [0.29, 0.717) is 5.82 Å². The highest BCUT2D eigenvalue weighted by molar-refractivity contribution is 7.89. The van der Waals surface area contributed by atoms with E-state index in [4.69, 9.17) is 0 Å². The molecule has 0 atom stereocenters. The maximum absolute atomic E-state index is 12.2. The van der Waals surface area contributed by atoms with Gasteiger partial charge in [-0.1, -0.05) is 37.5 Å². The van der Waals surface area contributed by atoms with Gasteiger partial charge in [0.2, 0.25) is 10.0 Å². The van der Waals surface area contributed by atoms with E-state index in [9.17, 15) is 8.42 Å². The van der Waals surface area contributed by atoms with E-state index in [1.165, 1.54) is 19.3 Å². The Bertz CT molecular complexity index is 708. The predicted molar refractivity (Wildman–Crippen MR) is 80.4 cm³/mol. The van der Waals surface area contributed by atoms with Crippen molar-refractivity contribution < 1.29 is 8.42 Å². The Morgan fingerprint density at radius 2 is 1.86 bits per heavy atom. The molecule has 0 saturated heterocycles. The smallest absolute Gasteiger partial charge is 0.225 e. The first-order chi connectivity index (χ1) is 10.7. The van der Waals surface area contributed by atoms with Gasteiger partial charge >= 0.3 is 0 Å². The molecule has 118 valence electrons. The fourth-order valence-electron chi connectivity index (χ4n) is 2.78. The quantitative estimate of drug-likeness (QED) is 0.904. The summed E-state index contributed by atoms with van der Waals surface area (Å²) >= 11 is 0. The number of hydrogen-bond acceptors (Lipinski definition) is 5. The van der Waals surface area contributed by atoms with E-state index in [0.717, 1.165) is 12.8 Å². The van der Waals surface area contributed by atoms with Crippen LogP contribution < -0.4 is 4.72 Å². The van der Waals surface area contributed by atoms with Crippen LogP contribution in [0.2, 0.25) is 0 Å². The zero-order valence-corrected chi connectivity index (χ0v) is 13.0. The SMILES string of the molecule is O=S(=O)(NCc1nnnn1C1CCCCC1)c1ccccc1. The van der Waals surface area contributed by atoms with Gasteiger partial charge in [0.05, 0.1) is 17.5 Å². The summed E-state index contributed by atoms with van der Waals surface area (Å²) in [7, 11) is -3.54. The van der Waals surface area contributed by atoms with E-state index in [-0.39, 0.29) is 17.5 Å². The van der Waals surface area contributed by atoms with Gasteiger partial charge in [0.15, 0.2) is 5.82 Å². The summed E-state index contributed by atoms with van der Waals surface area (Å²) in [6, 6.07) is 8.57. The second kappa shape index (κ2) is 6.53. The van der Waals surface area contributed by atoms with Gasteiger partial charge in [0.25, 0.3) is 0 Å². The van der Waals surface area contributed by atoms with Crippen LogP contribution in [0.3, 0.4) is 0 Å². The van der Waals surface area contributed by atoms with Crippen LogP contribution in [0.15, 0.2) is 35.2 Å². The van der Waals surface area contributed by atoms with Gasteiger partial charge in [-0.3, -0.25) is 0 Å². The molecule has 1 aromatic carbocycles. The third-order valence-electron chi connectivity index (χ3n) is 3.96. The molecule has 0 amide bonds. The van der Waals surface area contributed by atoms with Crippen LogP contribution in [0, 0.1) is 0 Å². The van der Waals surface area contributed by atoms with Gasteiger partial charge in [-0.15, -0.1) is 5.10 Å². The van der Waals surface area contributed by atoms with E-state index in [1.807, 2.05) is 0 Å². The van der Waals surface area contributed by atoms with Crippen LogP contribution in [0.4, 0.5) is 0 Å². The molecule has 0 aliphatic heterocycles. The molecule has 22 heavy (non-hydrogen) atoms. The van der Waals surface area contributed by atoms with Crippen LogP contribution >= 0.6 is 0 Å². The highest BCUT2D eigenvalue weighted by Crippen LogP contribution is 2.27. The minimum atomic E-state index is -3.54. The largest absolute Gasteiger partial charge is 0.240 e. The third-order valence-corrected chi connectivity index (χ3v) is 5.37. The summed E-state index contributed by atoms with van der Waals surface area (Å²) in [6.07, 6.45) is 5.67. The van der Waals surface area contributed by atoms with Crippen molar-refractivity contribution in [3.05, 3.63) is 36.2 Å². The topological polar surface area (TPSA) is 89.8 Å². The Morgan fingerprint density at radius 1 is 1.14 bits per heavy atom. The molecular formula is C14H19N5O2S. The minimum Gasteiger partial charge on any atom is -0.225 e. The lowest BCUT2D eigenvalue weighted by molar-refractivity contribution is 0.316. The normalized spacial score (nSPS) is 16.7. The lowest BCUT2D eigenvalue weighted by atomic mass is 9.96. The summed E-state index contributed by atoms with van der Waals surface area (Å²) in [4.78, 5) is 0.242. The van der Waals surface area contributed by atoms with Gasteiger partial charge in [-0.05, 0) is 35.4 Å². The van der Waals surface area contributed by atoms with Gasteiger partial charge < -0.3 is 0 Å². The molecule has 1 aromatic heterocycles. The second-order valence-electron chi connectivity index (χ2n) is 5.47. The summed E-state index contributed by atoms with van der Waals surface area (Å²) in [5.74, 6) is 0.561. The number of benzene rings is 1. The Kier molecular flexibility index (Phi) is 4.49. The van der Waals surface area contributed by atoms with E-state index >= 15 is 0 Å². The number of tetrazole rings is 1. The molecule has 3 rings (SSSR count). The summed E-state index contributed by atoms with van der Waals surface area (Å²) in [6.45, 7) is 0.0979. The Hall–Kier alpha value is -1.80. The van der Waals surface area contributed by atoms with Gasteiger partial charge in [0.1, 0.15) is 0 Å². The van der Waals surface area contributed by atoms with Crippen molar-refractivity contribution in [2.45, 2.75) is 49.6 Å². The highest BCUT2D eigenvalue weighted by Gasteiger charge is 2.21. The fraction of sp³-hybridized carbons (Fsp3) is 0.500. The van der Waals surface area contributed by atoms with E-state index in [2.05, 4.69) is 20.2 Å². The van der Waals surface area contributed by atoms with Crippen molar-refractivity contribution >= 4 is 10.0 Å². The van der Waals surface area contributed by atoms with E-state index in [1.54, 1.807) is 35.0 Å². The molecule has 0 radical (unpaired) electrons. The van der Waals surface area contributed by atoms with Crippen LogP contribution in [0.25, 0.3) is 0 Å². The highest BCUT2D eigenvalue weighted by atomic mass is 32.2. The molecule has 7 nitrogen and oxygen atoms in total. The number of nitrogens with one attached hydrogen (secondary N) is 1.